The zero-order chi connectivity index (χ0) is 21.7. The Labute approximate surface area is 185 Å². The van der Waals surface area contributed by atoms with Crippen LogP contribution in [0.3, 0.4) is 0 Å². The van der Waals surface area contributed by atoms with Crippen molar-refractivity contribution in [3.05, 3.63) is 82.9 Å². The van der Waals surface area contributed by atoms with Gasteiger partial charge in [-0.2, -0.15) is 0 Å². The van der Waals surface area contributed by atoms with Crippen LogP contribution in [0.2, 0.25) is 5.02 Å². The van der Waals surface area contributed by atoms with E-state index >= 15 is 0 Å². The molecular weight excluding hydrogens is 440 g/mol. The summed E-state index contributed by atoms with van der Waals surface area (Å²) >= 11 is 7.76. The molecule has 3 aromatic carbocycles. The topological polar surface area (TPSA) is 75.3 Å². The van der Waals surface area contributed by atoms with Crippen LogP contribution in [0.25, 0.3) is 0 Å². The number of halogens is 1. The summed E-state index contributed by atoms with van der Waals surface area (Å²) in [5.41, 5.74) is 2.20. The summed E-state index contributed by atoms with van der Waals surface area (Å²) in [5.74, 6) is 0.448. The Balaban J connectivity index is 1.88. The van der Waals surface area contributed by atoms with Crippen molar-refractivity contribution >= 4 is 50.7 Å². The predicted octanol–water partition coefficient (Wildman–Crippen LogP) is 5.81. The Hall–Kier alpha value is -2.48. The summed E-state index contributed by atoms with van der Waals surface area (Å²) in [7, 11) is -3.97. The molecule has 0 aliphatic rings. The molecule has 0 aromatic heterocycles. The zero-order valence-electron chi connectivity index (χ0n) is 16.5. The van der Waals surface area contributed by atoms with Crippen LogP contribution in [-0.4, -0.2) is 20.1 Å². The van der Waals surface area contributed by atoms with E-state index in [4.69, 9.17) is 11.6 Å². The maximum atomic E-state index is 12.9. The number of anilines is 2. The summed E-state index contributed by atoms with van der Waals surface area (Å²) in [6, 6.07) is 18.6. The summed E-state index contributed by atoms with van der Waals surface area (Å²) < 4.78 is 28.3. The van der Waals surface area contributed by atoms with Gasteiger partial charge in [0.05, 0.1) is 10.7 Å². The molecule has 0 aliphatic heterocycles. The molecule has 2 N–H and O–H groups in total. The molecular formula is C22H21ClN2O3S2. The third kappa shape index (κ3) is 5.36. The lowest BCUT2D eigenvalue weighted by molar-refractivity contribution is 0.102. The Bertz CT molecular complexity index is 1180. The number of hydrogen-bond acceptors (Lipinski definition) is 4. The van der Waals surface area contributed by atoms with E-state index in [0.717, 1.165) is 16.2 Å². The van der Waals surface area contributed by atoms with E-state index in [0.29, 0.717) is 11.4 Å². The van der Waals surface area contributed by atoms with Gasteiger partial charge in [-0.05, 0) is 60.7 Å². The molecule has 0 atom stereocenters. The van der Waals surface area contributed by atoms with Crippen molar-refractivity contribution in [2.45, 2.75) is 23.6 Å². The molecule has 30 heavy (non-hydrogen) atoms. The SMILES string of the molecule is CCSc1ccccc1NC(=O)c1ccc(Cl)c(S(=O)(=O)Nc2cccc(C)c2)c1. The van der Waals surface area contributed by atoms with E-state index in [1.807, 2.05) is 44.2 Å². The van der Waals surface area contributed by atoms with Crippen molar-refractivity contribution in [1.82, 2.24) is 0 Å². The first-order valence-corrected chi connectivity index (χ1v) is 12.1. The van der Waals surface area contributed by atoms with Crippen LogP contribution in [-0.2, 0) is 10.0 Å². The van der Waals surface area contributed by atoms with Crippen molar-refractivity contribution < 1.29 is 13.2 Å². The van der Waals surface area contributed by atoms with Crippen LogP contribution in [0, 0.1) is 6.92 Å². The molecule has 0 unspecified atom stereocenters. The van der Waals surface area contributed by atoms with Crippen molar-refractivity contribution in [3.8, 4) is 0 Å². The average molecular weight is 461 g/mol. The highest BCUT2D eigenvalue weighted by molar-refractivity contribution is 7.99. The number of hydrogen-bond donors (Lipinski definition) is 2. The lowest BCUT2D eigenvalue weighted by Crippen LogP contribution is -2.16. The van der Waals surface area contributed by atoms with Crippen LogP contribution in [0.4, 0.5) is 11.4 Å². The minimum absolute atomic E-state index is 0.0358. The molecule has 3 aromatic rings. The first kappa shape index (κ1) is 22.2. The van der Waals surface area contributed by atoms with E-state index in [1.54, 1.807) is 30.0 Å². The zero-order valence-corrected chi connectivity index (χ0v) is 18.9. The Morgan fingerprint density at radius 1 is 1.03 bits per heavy atom. The molecule has 0 saturated heterocycles. The second kappa shape index (κ2) is 9.55. The van der Waals surface area contributed by atoms with Gasteiger partial charge < -0.3 is 5.32 Å². The van der Waals surface area contributed by atoms with Gasteiger partial charge >= 0.3 is 0 Å². The number of thioether (sulfide) groups is 1. The summed E-state index contributed by atoms with van der Waals surface area (Å²) in [6.07, 6.45) is 0. The largest absolute Gasteiger partial charge is 0.321 e. The van der Waals surface area contributed by atoms with Gasteiger partial charge in [0, 0.05) is 16.1 Å². The molecule has 0 spiro atoms. The van der Waals surface area contributed by atoms with Gasteiger partial charge in [-0.15, -0.1) is 11.8 Å². The molecule has 0 fully saturated rings. The van der Waals surface area contributed by atoms with Gasteiger partial charge in [-0.3, -0.25) is 9.52 Å². The van der Waals surface area contributed by atoms with E-state index < -0.39 is 15.9 Å². The van der Waals surface area contributed by atoms with Crippen molar-refractivity contribution in [3.63, 3.8) is 0 Å². The van der Waals surface area contributed by atoms with Crippen LogP contribution in [0.15, 0.2) is 76.5 Å². The molecule has 5 nitrogen and oxygen atoms in total. The van der Waals surface area contributed by atoms with Crippen molar-refractivity contribution in [2.75, 3.05) is 15.8 Å². The van der Waals surface area contributed by atoms with Crippen LogP contribution >= 0.6 is 23.4 Å². The number of benzene rings is 3. The molecule has 0 saturated carbocycles. The second-order valence-electron chi connectivity index (χ2n) is 6.50. The van der Waals surface area contributed by atoms with E-state index in [9.17, 15) is 13.2 Å². The third-order valence-corrected chi connectivity index (χ3v) is 7.01. The van der Waals surface area contributed by atoms with Crippen LogP contribution in [0.5, 0.6) is 0 Å². The molecule has 1 amide bonds. The van der Waals surface area contributed by atoms with Crippen LogP contribution in [0.1, 0.15) is 22.8 Å². The fourth-order valence-corrected chi connectivity index (χ4v) is 5.15. The summed E-state index contributed by atoms with van der Waals surface area (Å²) in [6.45, 7) is 3.89. The summed E-state index contributed by atoms with van der Waals surface area (Å²) in [4.78, 5) is 13.6. The summed E-state index contributed by atoms with van der Waals surface area (Å²) in [5, 5.41) is 2.88. The fourth-order valence-electron chi connectivity index (χ4n) is 2.81. The molecule has 8 heteroatoms. The smallest absolute Gasteiger partial charge is 0.263 e. The molecule has 156 valence electrons. The average Bonchev–Trinajstić information content (AvgIpc) is 2.69. The second-order valence-corrected chi connectivity index (χ2v) is 9.87. The van der Waals surface area contributed by atoms with Gasteiger partial charge in [0.25, 0.3) is 15.9 Å². The third-order valence-electron chi connectivity index (χ3n) is 4.19. The molecule has 0 radical (unpaired) electrons. The molecule has 0 heterocycles. The number of rotatable bonds is 7. The fraction of sp³-hybridized carbons (Fsp3) is 0.136. The number of carbonyl (C=O) groups excluding carboxylic acids is 1. The normalized spacial score (nSPS) is 11.2. The molecule has 3 rings (SSSR count). The number of amides is 1. The van der Waals surface area contributed by atoms with Gasteiger partial charge in [-0.25, -0.2) is 8.42 Å². The first-order chi connectivity index (χ1) is 14.3. The molecule has 0 bridgehead atoms. The maximum absolute atomic E-state index is 12.9. The highest BCUT2D eigenvalue weighted by Gasteiger charge is 2.21. The first-order valence-electron chi connectivity index (χ1n) is 9.22. The number of sulfonamides is 1. The highest BCUT2D eigenvalue weighted by atomic mass is 35.5. The lowest BCUT2D eigenvalue weighted by atomic mass is 10.2. The monoisotopic (exact) mass is 460 g/mol. The number of carbonyl (C=O) groups is 1. The van der Waals surface area contributed by atoms with Gasteiger partial charge in [0.15, 0.2) is 0 Å². The standard InChI is InChI=1S/C22H21ClN2O3S2/c1-3-29-20-10-5-4-9-19(20)24-22(26)16-11-12-18(23)21(14-16)30(27,28)25-17-8-6-7-15(2)13-17/h4-14,25H,3H2,1-2H3,(H,24,26). The van der Waals surface area contributed by atoms with E-state index in [1.165, 1.54) is 18.2 Å². The maximum Gasteiger partial charge on any atom is 0.263 e. The lowest BCUT2D eigenvalue weighted by Gasteiger charge is -2.13. The van der Waals surface area contributed by atoms with Crippen molar-refractivity contribution in [1.29, 1.82) is 0 Å². The Kier molecular flexibility index (Phi) is 7.07. The quantitative estimate of drug-likeness (QED) is 0.436. The van der Waals surface area contributed by atoms with Gasteiger partial charge in [0.2, 0.25) is 0 Å². The van der Waals surface area contributed by atoms with Gasteiger partial charge in [-0.1, -0.05) is 42.8 Å². The number of para-hydroxylation sites is 1. The minimum Gasteiger partial charge on any atom is -0.321 e. The number of aryl methyl sites for hydroxylation is 1. The van der Waals surface area contributed by atoms with Gasteiger partial charge in [0.1, 0.15) is 4.90 Å². The highest BCUT2D eigenvalue weighted by Crippen LogP contribution is 2.29. The minimum atomic E-state index is -3.97. The van der Waals surface area contributed by atoms with E-state index in [-0.39, 0.29) is 15.5 Å². The van der Waals surface area contributed by atoms with Crippen LogP contribution < -0.4 is 10.0 Å². The predicted molar refractivity (Wildman–Crippen MR) is 124 cm³/mol. The van der Waals surface area contributed by atoms with Crippen molar-refractivity contribution in [2.24, 2.45) is 0 Å². The van der Waals surface area contributed by atoms with E-state index in [2.05, 4.69) is 10.0 Å². The Morgan fingerprint density at radius 3 is 2.53 bits per heavy atom. The molecule has 0 aliphatic carbocycles. The Morgan fingerprint density at radius 2 is 1.80 bits per heavy atom. The number of nitrogens with one attached hydrogen (secondary N) is 2.